The summed E-state index contributed by atoms with van der Waals surface area (Å²) < 4.78 is 28.1. The van der Waals surface area contributed by atoms with E-state index in [-0.39, 0.29) is 12.5 Å². The van der Waals surface area contributed by atoms with Crippen LogP contribution in [0, 0.1) is 5.92 Å². The Morgan fingerprint density at radius 3 is 2.70 bits per heavy atom. The lowest BCUT2D eigenvalue weighted by atomic mass is 10.2. The highest BCUT2D eigenvalue weighted by atomic mass is 32.2. The van der Waals surface area contributed by atoms with E-state index in [1.54, 1.807) is 12.1 Å². The maximum atomic E-state index is 11.6. The van der Waals surface area contributed by atoms with Gasteiger partial charge in [-0.2, -0.15) is 13.1 Å². The van der Waals surface area contributed by atoms with Crippen LogP contribution in [-0.4, -0.2) is 26.0 Å². The highest BCUT2D eigenvalue weighted by Gasteiger charge is 2.10. The van der Waals surface area contributed by atoms with Crippen LogP contribution < -0.4 is 9.44 Å². The number of carboxylic acids is 1. The van der Waals surface area contributed by atoms with E-state index in [1.807, 2.05) is 13.8 Å². The predicted octanol–water partition coefficient (Wildman–Crippen LogP) is 1.43. The molecule has 0 aliphatic rings. The first-order valence-electron chi connectivity index (χ1n) is 6.02. The van der Waals surface area contributed by atoms with Gasteiger partial charge in [0.15, 0.2) is 0 Å². The Bertz CT molecular complexity index is 576. The van der Waals surface area contributed by atoms with Gasteiger partial charge in [0.25, 0.3) is 10.2 Å². The summed E-state index contributed by atoms with van der Waals surface area (Å²) in [6, 6.07) is 3.51. The summed E-state index contributed by atoms with van der Waals surface area (Å²) in [6.45, 7) is 4.40. The van der Waals surface area contributed by atoms with Crippen LogP contribution in [0.2, 0.25) is 0 Å². The quantitative estimate of drug-likeness (QED) is 0.632. The van der Waals surface area contributed by atoms with Crippen molar-refractivity contribution in [1.82, 2.24) is 9.44 Å². The fourth-order valence-corrected chi connectivity index (χ4v) is 3.17. The number of rotatable bonds is 8. The third-order valence-electron chi connectivity index (χ3n) is 2.19. The van der Waals surface area contributed by atoms with Crippen LogP contribution in [0.3, 0.4) is 0 Å². The third kappa shape index (κ3) is 6.80. The first-order valence-corrected chi connectivity index (χ1v) is 8.32. The molecule has 1 aromatic rings. The minimum absolute atomic E-state index is 0.180. The zero-order valence-corrected chi connectivity index (χ0v) is 12.9. The largest absolute Gasteiger partial charge is 0.478 e. The van der Waals surface area contributed by atoms with Crippen LogP contribution in [0.4, 0.5) is 0 Å². The Morgan fingerprint density at radius 1 is 1.40 bits per heavy atom. The molecule has 0 unspecified atom stereocenters. The van der Waals surface area contributed by atoms with Gasteiger partial charge in [-0.15, -0.1) is 11.3 Å². The van der Waals surface area contributed by atoms with E-state index in [4.69, 9.17) is 5.11 Å². The molecule has 1 aromatic heterocycles. The molecule has 6 nitrogen and oxygen atoms in total. The fraction of sp³-hybridized carbons (Fsp3) is 0.417. The van der Waals surface area contributed by atoms with E-state index < -0.39 is 16.2 Å². The molecular weight excluding hydrogens is 300 g/mol. The zero-order chi connectivity index (χ0) is 15.2. The number of hydrogen-bond donors (Lipinski definition) is 3. The molecule has 0 spiro atoms. The van der Waals surface area contributed by atoms with Gasteiger partial charge in [0, 0.05) is 28.9 Å². The summed E-state index contributed by atoms with van der Waals surface area (Å²) in [5.41, 5.74) is 0. The van der Waals surface area contributed by atoms with Crippen molar-refractivity contribution in [1.29, 1.82) is 0 Å². The summed E-state index contributed by atoms with van der Waals surface area (Å²) in [4.78, 5) is 12.0. The molecule has 1 rings (SSSR count). The van der Waals surface area contributed by atoms with Crippen molar-refractivity contribution in [3.8, 4) is 0 Å². The Morgan fingerprint density at radius 2 is 2.10 bits per heavy atom. The Labute approximate surface area is 122 Å². The van der Waals surface area contributed by atoms with E-state index in [1.165, 1.54) is 17.4 Å². The first-order chi connectivity index (χ1) is 9.28. The van der Waals surface area contributed by atoms with E-state index in [9.17, 15) is 13.2 Å². The van der Waals surface area contributed by atoms with Crippen LogP contribution in [0.15, 0.2) is 18.2 Å². The molecule has 8 heteroatoms. The molecule has 112 valence electrons. The summed E-state index contributed by atoms with van der Waals surface area (Å²) in [7, 11) is -3.50. The lowest BCUT2D eigenvalue weighted by Gasteiger charge is -2.09. The fourth-order valence-electron chi connectivity index (χ4n) is 1.23. The van der Waals surface area contributed by atoms with Gasteiger partial charge in [0.05, 0.1) is 0 Å². The Kier molecular flexibility index (Phi) is 6.34. The van der Waals surface area contributed by atoms with Gasteiger partial charge in [0.1, 0.15) is 0 Å². The summed E-state index contributed by atoms with van der Waals surface area (Å²) in [5, 5.41) is 8.51. The normalized spacial score (nSPS) is 12.3. The standard InChI is InChI=1S/C12H18N2O4S2/c1-9(2)7-13-20(17,18)14-8-11-4-3-10(19-11)5-6-12(15)16/h3-6,9,13-14H,7-8H2,1-2H3,(H,15,16)/b6-5+. The number of nitrogens with one attached hydrogen (secondary N) is 2. The van der Waals surface area contributed by atoms with Gasteiger partial charge in [-0.25, -0.2) is 9.52 Å². The molecule has 0 aromatic carbocycles. The monoisotopic (exact) mass is 318 g/mol. The average Bonchev–Trinajstić information content (AvgIpc) is 2.80. The average molecular weight is 318 g/mol. The molecule has 3 N–H and O–H groups in total. The summed E-state index contributed by atoms with van der Waals surface area (Å²) in [5.74, 6) is -0.778. The smallest absolute Gasteiger partial charge is 0.328 e. The van der Waals surface area contributed by atoms with Crippen molar-refractivity contribution < 1.29 is 18.3 Å². The van der Waals surface area contributed by atoms with Crippen LogP contribution >= 0.6 is 11.3 Å². The third-order valence-corrected chi connectivity index (χ3v) is 4.31. The highest BCUT2D eigenvalue weighted by Crippen LogP contribution is 2.17. The molecule has 0 aliphatic heterocycles. The maximum absolute atomic E-state index is 11.6. The van der Waals surface area contributed by atoms with E-state index in [2.05, 4.69) is 9.44 Å². The van der Waals surface area contributed by atoms with Crippen molar-refractivity contribution in [2.45, 2.75) is 20.4 Å². The van der Waals surface area contributed by atoms with E-state index in [0.29, 0.717) is 6.54 Å². The van der Waals surface area contributed by atoms with Crippen molar-refractivity contribution in [2.24, 2.45) is 5.92 Å². The molecule has 0 saturated carbocycles. The van der Waals surface area contributed by atoms with Gasteiger partial charge in [-0.3, -0.25) is 0 Å². The second-order valence-corrected chi connectivity index (χ2v) is 7.33. The Balaban J connectivity index is 2.51. The van der Waals surface area contributed by atoms with Crippen molar-refractivity contribution in [3.63, 3.8) is 0 Å². The van der Waals surface area contributed by atoms with Crippen LogP contribution in [0.5, 0.6) is 0 Å². The molecule has 1 heterocycles. The van der Waals surface area contributed by atoms with Crippen LogP contribution in [-0.2, 0) is 21.5 Å². The van der Waals surface area contributed by atoms with E-state index in [0.717, 1.165) is 15.8 Å². The van der Waals surface area contributed by atoms with Gasteiger partial charge < -0.3 is 5.11 Å². The molecule has 0 atom stereocenters. The molecule has 20 heavy (non-hydrogen) atoms. The summed E-state index contributed by atoms with van der Waals surface area (Å²) in [6.07, 6.45) is 2.52. The Hall–Kier alpha value is -1.22. The molecule has 0 saturated heterocycles. The van der Waals surface area contributed by atoms with Gasteiger partial charge in [-0.1, -0.05) is 13.8 Å². The number of thiophene rings is 1. The van der Waals surface area contributed by atoms with Crippen LogP contribution in [0.25, 0.3) is 6.08 Å². The van der Waals surface area contributed by atoms with E-state index >= 15 is 0 Å². The molecule has 0 radical (unpaired) electrons. The van der Waals surface area contributed by atoms with Gasteiger partial charge >= 0.3 is 5.97 Å². The SMILES string of the molecule is CC(C)CNS(=O)(=O)NCc1ccc(/C=C/C(=O)O)s1. The van der Waals surface area contributed by atoms with Crippen molar-refractivity contribution >= 4 is 33.6 Å². The van der Waals surface area contributed by atoms with Gasteiger partial charge in [0.2, 0.25) is 0 Å². The first kappa shape index (κ1) is 16.8. The maximum Gasteiger partial charge on any atom is 0.328 e. The minimum atomic E-state index is -3.50. The second kappa shape index (κ2) is 7.53. The molecule has 0 fully saturated rings. The number of carbonyl (C=O) groups is 1. The van der Waals surface area contributed by atoms with Crippen LogP contribution in [0.1, 0.15) is 23.6 Å². The zero-order valence-electron chi connectivity index (χ0n) is 11.3. The lowest BCUT2D eigenvalue weighted by molar-refractivity contribution is -0.131. The summed E-state index contributed by atoms with van der Waals surface area (Å²) >= 11 is 1.34. The topological polar surface area (TPSA) is 95.5 Å². The van der Waals surface area contributed by atoms with Gasteiger partial charge in [-0.05, 0) is 24.1 Å². The minimum Gasteiger partial charge on any atom is -0.478 e. The molecule has 0 bridgehead atoms. The molecule has 0 aliphatic carbocycles. The predicted molar refractivity (Wildman–Crippen MR) is 79.6 cm³/mol. The number of hydrogen-bond acceptors (Lipinski definition) is 4. The number of carboxylic acid groups (broad SMARTS) is 1. The lowest BCUT2D eigenvalue weighted by Crippen LogP contribution is -2.37. The highest BCUT2D eigenvalue weighted by molar-refractivity contribution is 7.87. The van der Waals surface area contributed by atoms with Crippen molar-refractivity contribution in [2.75, 3.05) is 6.54 Å². The molecule has 0 amide bonds. The molecular formula is C12H18N2O4S2. The second-order valence-electron chi connectivity index (χ2n) is 4.54. The number of aliphatic carboxylic acids is 1. The van der Waals surface area contributed by atoms with Crippen molar-refractivity contribution in [3.05, 3.63) is 28.0 Å².